The average Bonchev–Trinajstić information content (AvgIpc) is 2.72. The van der Waals surface area contributed by atoms with E-state index in [0.29, 0.717) is 22.5 Å². The second kappa shape index (κ2) is 9.27. The maximum Gasteiger partial charge on any atom is 0.270 e. The van der Waals surface area contributed by atoms with Crippen molar-refractivity contribution in [1.29, 1.82) is 0 Å². The monoisotopic (exact) mass is 489 g/mol. The quantitative estimate of drug-likeness (QED) is 0.307. The van der Waals surface area contributed by atoms with Crippen LogP contribution >= 0.6 is 22.6 Å². The highest BCUT2D eigenvalue weighted by atomic mass is 127. The van der Waals surface area contributed by atoms with Crippen LogP contribution in [-0.4, -0.2) is 15.8 Å². The van der Waals surface area contributed by atoms with E-state index in [9.17, 15) is 14.9 Å². The fourth-order valence-corrected chi connectivity index (χ4v) is 3.00. The Morgan fingerprint density at radius 1 is 1.14 bits per heavy atom. The van der Waals surface area contributed by atoms with Crippen LogP contribution < -0.4 is 10.1 Å². The molecule has 0 aliphatic carbocycles. The van der Waals surface area contributed by atoms with Crippen molar-refractivity contribution in [2.75, 3.05) is 0 Å². The molecule has 0 saturated carbocycles. The molecule has 0 saturated heterocycles. The smallest absolute Gasteiger partial charge is 0.270 e. The molecule has 3 aromatic rings. The van der Waals surface area contributed by atoms with Crippen molar-refractivity contribution in [3.63, 3.8) is 0 Å². The Balaban J connectivity index is 1.57. The fourth-order valence-electron chi connectivity index (χ4n) is 2.42. The van der Waals surface area contributed by atoms with E-state index in [2.05, 4.69) is 10.3 Å². The number of carbonyl (C=O) groups is 1. The Morgan fingerprint density at radius 3 is 2.61 bits per heavy atom. The lowest BCUT2D eigenvalue weighted by Gasteiger charge is -2.09. The number of aromatic nitrogens is 1. The molecule has 0 radical (unpaired) electrons. The van der Waals surface area contributed by atoms with E-state index in [0.717, 1.165) is 11.3 Å². The van der Waals surface area contributed by atoms with Gasteiger partial charge in [0.15, 0.2) is 0 Å². The third kappa shape index (κ3) is 5.26. The molecular weight excluding hydrogens is 473 g/mol. The van der Waals surface area contributed by atoms with Crippen molar-refractivity contribution in [3.05, 3.63) is 97.4 Å². The zero-order valence-corrected chi connectivity index (χ0v) is 16.8. The number of nitro groups is 1. The van der Waals surface area contributed by atoms with Crippen molar-refractivity contribution in [2.45, 2.75) is 13.2 Å². The van der Waals surface area contributed by atoms with Gasteiger partial charge in [-0.2, -0.15) is 0 Å². The normalized spacial score (nSPS) is 10.3. The predicted octanol–water partition coefficient (Wildman–Crippen LogP) is 4.10. The molecule has 2 aromatic carbocycles. The fraction of sp³-hybridized carbons (Fsp3) is 0.100. The molecule has 0 unspecified atom stereocenters. The van der Waals surface area contributed by atoms with Crippen molar-refractivity contribution < 1.29 is 14.5 Å². The van der Waals surface area contributed by atoms with Gasteiger partial charge in [-0.15, -0.1) is 0 Å². The number of hydrogen-bond acceptors (Lipinski definition) is 5. The van der Waals surface area contributed by atoms with Gasteiger partial charge < -0.3 is 10.1 Å². The Hall–Kier alpha value is -3.01. The maximum atomic E-state index is 12.4. The molecule has 142 valence electrons. The van der Waals surface area contributed by atoms with E-state index in [1.54, 1.807) is 12.3 Å². The molecule has 0 bridgehead atoms. The zero-order chi connectivity index (χ0) is 19.9. The van der Waals surface area contributed by atoms with Crippen molar-refractivity contribution in [2.24, 2.45) is 0 Å². The van der Waals surface area contributed by atoms with Gasteiger partial charge in [0.05, 0.1) is 16.2 Å². The number of halogens is 1. The molecule has 8 heteroatoms. The Labute approximate surface area is 175 Å². The lowest BCUT2D eigenvalue weighted by molar-refractivity contribution is -0.384. The van der Waals surface area contributed by atoms with Gasteiger partial charge in [-0.3, -0.25) is 19.9 Å². The van der Waals surface area contributed by atoms with Gasteiger partial charge in [-0.05, 0) is 58.5 Å². The van der Waals surface area contributed by atoms with E-state index in [4.69, 9.17) is 4.74 Å². The van der Waals surface area contributed by atoms with Gasteiger partial charge in [0.25, 0.3) is 11.6 Å². The molecule has 0 aliphatic rings. The van der Waals surface area contributed by atoms with Crippen LogP contribution in [0.2, 0.25) is 0 Å². The summed E-state index contributed by atoms with van der Waals surface area (Å²) in [5, 5.41) is 13.7. The van der Waals surface area contributed by atoms with Gasteiger partial charge in [0, 0.05) is 28.4 Å². The summed E-state index contributed by atoms with van der Waals surface area (Å²) in [6.07, 6.45) is 1.72. The van der Waals surface area contributed by atoms with Gasteiger partial charge in [-0.1, -0.05) is 18.2 Å². The van der Waals surface area contributed by atoms with E-state index >= 15 is 0 Å². The number of amides is 1. The molecule has 0 fully saturated rings. The van der Waals surface area contributed by atoms with Gasteiger partial charge >= 0.3 is 0 Å². The van der Waals surface area contributed by atoms with E-state index in [-0.39, 0.29) is 17.2 Å². The van der Waals surface area contributed by atoms with Gasteiger partial charge in [0.1, 0.15) is 12.4 Å². The predicted molar refractivity (Wildman–Crippen MR) is 112 cm³/mol. The number of carbonyl (C=O) groups excluding carboxylic acids is 1. The number of pyridine rings is 1. The Morgan fingerprint density at radius 2 is 1.93 bits per heavy atom. The van der Waals surface area contributed by atoms with Gasteiger partial charge in [0.2, 0.25) is 0 Å². The van der Waals surface area contributed by atoms with Crippen molar-refractivity contribution >= 4 is 34.2 Å². The summed E-state index contributed by atoms with van der Waals surface area (Å²) in [5.74, 6) is 0.345. The summed E-state index contributed by atoms with van der Waals surface area (Å²) in [4.78, 5) is 26.9. The number of rotatable bonds is 7. The summed E-state index contributed by atoms with van der Waals surface area (Å²) in [6.45, 7) is 0.681. The lowest BCUT2D eigenvalue weighted by Crippen LogP contribution is -2.23. The highest BCUT2D eigenvalue weighted by molar-refractivity contribution is 14.1. The first-order valence-corrected chi connectivity index (χ1v) is 9.44. The van der Waals surface area contributed by atoms with E-state index < -0.39 is 4.92 Å². The number of nitrogens with one attached hydrogen (secondary N) is 1. The highest BCUT2D eigenvalue weighted by Gasteiger charge is 2.15. The molecule has 3 rings (SSSR count). The zero-order valence-electron chi connectivity index (χ0n) is 14.7. The second-order valence-electron chi connectivity index (χ2n) is 5.86. The standard InChI is InChI=1S/C20H16IN3O4/c21-19-9-6-16(24(26)27)11-18(19)20(25)23-12-14-4-7-17(8-5-14)28-13-15-3-1-2-10-22-15/h1-11H,12-13H2,(H,23,25). The van der Waals surface area contributed by atoms with Crippen LogP contribution in [-0.2, 0) is 13.2 Å². The molecule has 7 nitrogen and oxygen atoms in total. The summed E-state index contributed by atoms with van der Waals surface area (Å²) in [5.41, 5.74) is 1.90. The first kappa shape index (κ1) is 19.7. The van der Waals surface area contributed by atoms with Crippen LogP contribution in [0.1, 0.15) is 21.6 Å². The molecular formula is C20H16IN3O4. The van der Waals surface area contributed by atoms with E-state index in [1.165, 1.54) is 12.1 Å². The minimum atomic E-state index is -0.517. The number of hydrogen-bond donors (Lipinski definition) is 1. The first-order valence-electron chi connectivity index (χ1n) is 8.37. The van der Waals surface area contributed by atoms with Gasteiger partial charge in [-0.25, -0.2) is 0 Å². The first-order chi connectivity index (χ1) is 13.5. The van der Waals surface area contributed by atoms with Crippen molar-refractivity contribution in [1.82, 2.24) is 10.3 Å². The van der Waals surface area contributed by atoms with Crippen LogP contribution in [0.25, 0.3) is 0 Å². The van der Waals surface area contributed by atoms with Crippen LogP contribution in [0.3, 0.4) is 0 Å². The number of nitro benzene ring substituents is 1. The summed E-state index contributed by atoms with van der Waals surface area (Å²) in [6, 6.07) is 17.2. The lowest BCUT2D eigenvalue weighted by atomic mass is 10.1. The summed E-state index contributed by atoms with van der Waals surface area (Å²) < 4.78 is 6.33. The minimum Gasteiger partial charge on any atom is -0.487 e. The number of nitrogens with zero attached hydrogens (tertiary/aromatic N) is 2. The summed E-state index contributed by atoms with van der Waals surface area (Å²) in [7, 11) is 0. The molecule has 1 aromatic heterocycles. The maximum absolute atomic E-state index is 12.4. The molecule has 0 spiro atoms. The topological polar surface area (TPSA) is 94.4 Å². The average molecular weight is 489 g/mol. The molecule has 1 amide bonds. The third-order valence-electron chi connectivity index (χ3n) is 3.89. The Bertz CT molecular complexity index is 979. The third-order valence-corrected chi connectivity index (χ3v) is 4.84. The van der Waals surface area contributed by atoms with Crippen LogP contribution in [0.4, 0.5) is 5.69 Å². The minimum absolute atomic E-state index is 0.111. The number of benzene rings is 2. The largest absolute Gasteiger partial charge is 0.487 e. The van der Waals surface area contributed by atoms with Crippen LogP contribution in [0.15, 0.2) is 66.9 Å². The number of non-ortho nitro benzene ring substituents is 1. The van der Waals surface area contributed by atoms with Crippen LogP contribution in [0.5, 0.6) is 5.75 Å². The molecule has 0 atom stereocenters. The van der Waals surface area contributed by atoms with E-state index in [1.807, 2.05) is 65.1 Å². The molecule has 1 heterocycles. The summed E-state index contributed by atoms with van der Waals surface area (Å²) >= 11 is 1.98. The molecule has 28 heavy (non-hydrogen) atoms. The molecule has 0 aliphatic heterocycles. The van der Waals surface area contributed by atoms with Crippen LogP contribution in [0, 0.1) is 13.7 Å². The SMILES string of the molecule is O=C(NCc1ccc(OCc2ccccn2)cc1)c1cc([N+](=O)[O-])ccc1I. The van der Waals surface area contributed by atoms with Crippen molar-refractivity contribution in [3.8, 4) is 5.75 Å². The molecule has 1 N–H and O–H groups in total. The second-order valence-corrected chi connectivity index (χ2v) is 7.02. The Kier molecular flexibility index (Phi) is 6.53. The highest BCUT2D eigenvalue weighted by Crippen LogP contribution is 2.20. The number of ether oxygens (including phenoxy) is 1.